The first-order chi connectivity index (χ1) is 6.49. The van der Waals surface area contributed by atoms with Crippen molar-refractivity contribution in [3.8, 4) is 0 Å². The van der Waals surface area contributed by atoms with Crippen molar-refractivity contribution in [2.45, 2.75) is 26.1 Å². The highest BCUT2D eigenvalue weighted by atomic mass is 16.5. The van der Waals surface area contributed by atoms with Gasteiger partial charge in [0.15, 0.2) is 5.78 Å². The molecular formula is C9H14O5. The van der Waals surface area contributed by atoms with Crippen LogP contribution in [0.3, 0.4) is 0 Å². The second kappa shape index (κ2) is 6.28. The number of carbonyl (C=O) groups is 2. The highest BCUT2D eigenvalue weighted by Gasteiger charge is 2.17. The lowest BCUT2D eigenvalue weighted by Crippen LogP contribution is -2.30. The van der Waals surface area contributed by atoms with Gasteiger partial charge >= 0.3 is 5.97 Å². The van der Waals surface area contributed by atoms with Crippen LogP contribution >= 0.6 is 0 Å². The van der Waals surface area contributed by atoms with E-state index < -0.39 is 24.0 Å². The van der Waals surface area contributed by atoms with E-state index in [0.717, 1.165) is 19.1 Å². The average Bonchev–Trinajstić information content (AvgIpc) is 2.13. The van der Waals surface area contributed by atoms with Crippen molar-refractivity contribution in [2.75, 3.05) is 6.61 Å². The van der Waals surface area contributed by atoms with Gasteiger partial charge in [0.25, 0.3) is 0 Å². The third-order valence-corrected chi connectivity index (χ3v) is 1.46. The van der Waals surface area contributed by atoms with Crippen molar-refractivity contribution in [1.29, 1.82) is 0 Å². The van der Waals surface area contributed by atoms with Crippen LogP contribution in [0.25, 0.3) is 0 Å². The van der Waals surface area contributed by atoms with Gasteiger partial charge < -0.3 is 14.9 Å². The minimum atomic E-state index is -1.50. The van der Waals surface area contributed by atoms with Crippen LogP contribution in [-0.2, 0) is 14.3 Å². The molecule has 0 saturated carbocycles. The summed E-state index contributed by atoms with van der Waals surface area (Å²) < 4.78 is 4.53. The second-order valence-corrected chi connectivity index (χ2v) is 2.66. The van der Waals surface area contributed by atoms with Gasteiger partial charge in [-0.15, -0.1) is 0 Å². The molecule has 0 aromatic heterocycles. The minimum absolute atomic E-state index is 0.231. The van der Waals surface area contributed by atoms with Crippen LogP contribution < -0.4 is 0 Å². The molecule has 0 saturated heterocycles. The molecule has 0 rings (SSSR count). The fraction of sp³-hybridized carbons (Fsp3) is 0.556. The van der Waals surface area contributed by atoms with Crippen molar-refractivity contribution >= 4 is 11.8 Å². The zero-order chi connectivity index (χ0) is 11.1. The van der Waals surface area contributed by atoms with Gasteiger partial charge in [0.2, 0.25) is 0 Å². The van der Waals surface area contributed by atoms with Crippen molar-refractivity contribution in [3.05, 3.63) is 12.2 Å². The van der Waals surface area contributed by atoms with Gasteiger partial charge in [-0.05, 0) is 19.9 Å². The van der Waals surface area contributed by atoms with E-state index in [2.05, 4.69) is 4.74 Å². The van der Waals surface area contributed by atoms with E-state index in [9.17, 15) is 9.59 Å². The van der Waals surface area contributed by atoms with Crippen LogP contribution in [0.5, 0.6) is 0 Å². The smallest absolute Gasteiger partial charge is 0.330 e. The van der Waals surface area contributed by atoms with Gasteiger partial charge in [0.1, 0.15) is 12.2 Å². The van der Waals surface area contributed by atoms with E-state index in [1.807, 2.05) is 0 Å². The summed E-state index contributed by atoms with van der Waals surface area (Å²) in [6, 6.07) is 0. The predicted octanol–water partition coefficient (Wildman–Crippen LogP) is -0.583. The molecule has 80 valence electrons. The third kappa shape index (κ3) is 4.74. The standard InChI is InChI=1S/C9H14O5/c1-3-14-8(12)5-4-7(11)9(13)6(2)10/h4-5,7,9,11,13H,3H2,1-2H3/b5-4+/t7-,9-/m0/s1. The summed E-state index contributed by atoms with van der Waals surface area (Å²) in [7, 11) is 0. The maximum atomic E-state index is 10.8. The van der Waals surface area contributed by atoms with Crippen molar-refractivity contribution in [2.24, 2.45) is 0 Å². The second-order valence-electron chi connectivity index (χ2n) is 2.66. The van der Waals surface area contributed by atoms with E-state index >= 15 is 0 Å². The Morgan fingerprint density at radius 3 is 2.43 bits per heavy atom. The van der Waals surface area contributed by atoms with Crippen LogP contribution in [0.15, 0.2) is 12.2 Å². The number of carbonyl (C=O) groups excluding carboxylic acids is 2. The lowest BCUT2D eigenvalue weighted by atomic mass is 10.1. The van der Waals surface area contributed by atoms with Gasteiger partial charge in [-0.25, -0.2) is 4.79 Å². The lowest BCUT2D eigenvalue weighted by Gasteiger charge is -2.09. The summed E-state index contributed by atoms with van der Waals surface area (Å²) in [6.07, 6.45) is -0.887. The van der Waals surface area contributed by atoms with E-state index in [4.69, 9.17) is 10.2 Å². The molecule has 0 aliphatic heterocycles. The Morgan fingerprint density at radius 1 is 1.43 bits per heavy atom. The summed E-state index contributed by atoms with van der Waals surface area (Å²) in [6.45, 7) is 3.02. The summed E-state index contributed by atoms with van der Waals surface area (Å²) in [5.74, 6) is -1.19. The van der Waals surface area contributed by atoms with Gasteiger partial charge in [0.05, 0.1) is 6.61 Å². The van der Waals surface area contributed by atoms with Crippen LogP contribution in [0.1, 0.15) is 13.8 Å². The molecule has 14 heavy (non-hydrogen) atoms. The Bertz CT molecular complexity index is 233. The monoisotopic (exact) mass is 202 g/mol. The number of rotatable bonds is 5. The van der Waals surface area contributed by atoms with Crippen LogP contribution in [0, 0.1) is 0 Å². The van der Waals surface area contributed by atoms with Crippen LogP contribution in [0.2, 0.25) is 0 Å². The van der Waals surface area contributed by atoms with Crippen molar-refractivity contribution < 1.29 is 24.5 Å². The average molecular weight is 202 g/mol. The molecule has 0 aliphatic rings. The predicted molar refractivity (Wildman–Crippen MR) is 48.5 cm³/mol. The van der Waals surface area contributed by atoms with E-state index in [0.29, 0.717) is 0 Å². The van der Waals surface area contributed by atoms with E-state index in [1.54, 1.807) is 6.92 Å². The van der Waals surface area contributed by atoms with Crippen molar-refractivity contribution in [3.63, 3.8) is 0 Å². The van der Waals surface area contributed by atoms with Gasteiger partial charge in [0, 0.05) is 6.08 Å². The Hall–Kier alpha value is -1.20. The number of hydrogen-bond donors (Lipinski definition) is 2. The van der Waals surface area contributed by atoms with Crippen LogP contribution in [-0.4, -0.2) is 40.8 Å². The first kappa shape index (κ1) is 12.8. The molecule has 0 aromatic carbocycles. The van der Waals surface area contributed by atoms with Crippen LogP contribution in [0.4, 0.5) is 0 Å². The summed E-state index contributed by atoms with van der Waals surface area (Å²) in [5.41, 5.74) is 0. The first-order valence-corrected chi connectivity index (χ1v) is 4.20. The normalized spacial score (nSPS) is 15.1. The molecule has 0 aliphatic carbocycles. The SMILES string of the molecule is CCOC(=O)/C=C/[C@H](O)[C@@H](O)C(C)=O. The third-order valence-electron chi connectivity index (χ3n) is 1.46. The summed E-state index contributed by atoms with van der Waals surface area (Å²) in [4.78, 5) is 21.3. The van der Waals surface area contributed by atoms with E-state index in [1.165, 1.54) is 0 Å². The maximum Gasteiger partial charge on any atom is 0.330 e. The van der Waals surface area contributed by atoms with Crippen molar-refractivity contribution in [1.82, 2.24) is 0 Å². The molecule has 0 spiro atoms. The highest BCUT2D eigenvalue weighted by molar-refractivity contribution is 5.83. The Labute approximate surface area is 82.0 Å². The number of ether oxygens (including phenoxy) is 1. The largest absolute Gasteiger partial charge is 0.463 e. The molecule has 2 N–H and O–H groups in total. The number of ketones is 1. The van der Waals surface area contributed by atoms with Gasteiger partial charge in [-0.1, -0.05) is 0 Å². The van der Waals surface area contributed by atoms with Gasteiger partial charge in [-0.3, -0.25) is 4.79 Å². The molecule has 0 unspecified atom stereocenters. The molecule has 5 nitrogen and oxygen atoms in total. The zero-order valence-electron chi connectivity index (χ0n) is 8.14. The molecule has 5 heteroatoms. The topological polar surface area (TPSA) is 83.8 Å². The quantitative estimate of drug-likeness (QED) is 0.460. The molecular weight excluding hydrogens is 188 g/mol. The fourth-order valence-electron chi connectivity index (χ4n) is 0.713. The number of esters is 1. The molecule has 0 amide bonds. The number of hydrogen-bond acceptors (Lipinski definition) is 5. The molecule has 0 heterocycles. The zero-order valence-corrected chi connectivity index (χ0v) is 8.14. The molecule has 0 fully saturated rings. The van der Waals surface area contributed by atoms with Gasteiger partial charge in [-0.2, -0.15) is 0 Å². The molecule has 0 radical (unpaired) electrons. The summed E-state index contributed by atoms with van der Waals surface area (Å²) >= 11 is 0. The lowest BCUT2D eigenvalue weighted by molar-refractivity contribution is -0.137. The maximum absolute atomic E-state index is 10.8. The minimum Gasteiger partial charge on any atom is -0.463 e. The first-order valence-electron chi connectivity index (χ1n) is 4.20. The number of Topliss-reactive ketones (excluding diaryl/α,β-unsaturated/α-hetero) is 1. The Balaban J connectivity index is 4.10. The number of aliphatic hydroxyl groups is 2. The summed E-state index contributed by atoms with van der Waals surface area (Å²) in [5, 5.41) is 18.2. The fourth-order valence-corrected chi connectivity index (χ4v) is 0.713. The highest BCUT2D eigenvalue weighted by Crippen LogP contribution is 1.97. The Morgan fingerprint density at radius 2 is 2.00 bits per heavy atom. The number of aliphatic hydroxyl groups excluding tert-OH is 2. The molecule has 2 atom stereocenters. The van der Waals surface area contributed by atoms with E-state index in [-0.39, 0.29) is 6.61 Å². The Kier molecular flexibility index (Phi) is 5.74. The molecule has 0 aromatic rings. The molecule has 0 bridgehead atoms.